The first-order valence-corrected chi connectivity index (χ1v) is 6.44. The molecular formula is C11H17N3OS. The Hall–Kier alpha value is -1.20. The summed E-state index contributed by atoms with van der Waals surface area (Å²) in [4.78, 5) is 0. The van der Waals surface area contributed by atoms with Crippen LogP contribution in [0, 0.1) is 0 Å². The fourth-order valence-electron chi connectivity index (χ4n) is 1.26. The Bertz CT molecular complexity index is 338. The van der Waals surface area contributed by atoms with Gasteiger partial charge in [0.1, 0.15) is 0 Å². The summed E-state index contributed by atoms with van der Waals surface area (Å²) in [5, 5.41) is 14.8. The molecule has 0 fully saturated rings. The Morgan fingerprint density at radius 1 is 1.44 bits per heavy atom. The monoisotopic (exact) mass is 239 g/mol. The van der Waals surface area contributed by atoms with Crippen molar-refractivity contribution >= 4 is 17.6 Å². The van der Waals surface area contributed by atoms with Gasteiger partial charge in [0.2, 0.25) is 0 Å². The van der Waals surface area contributed by atoms with E-state index in [1.165, 1.54) is 5.56 Å². The third-order valence-corrected chi connectivity index (χ3v) is 2.78. The molecule has 1 aromatic carbocycles. The molecule has 1 aromatic rings. The standard InChI is InChI=1S/C11H17N3OS/c1-16-7-6-13-8-9-2-4-10(5-3-9)11(12)14-15/h2-5,13,15H,6-8H2,1H3,(H2,12,14). The molecule has 0 aromatic heterocycles. The molecule has 88 valence electrons. The molecule has 0 saturated heterocycles. The SMILES string of the molecule is CSCCNCc1ccc(C(N)=NO)cc1. The van der Waals surface area contributed by atoms with Crippen LogP contribution in [0.5, 0.6) is 0 Å². The number of amidine groups is 1. The molecule has 1 rings (SSSR count). The molecule has 0 aliphatic rings. The molecule has 0 aliphatic heterocycles. The van der Waals surface area contributed by atoms with Crippen LogP contribution in [0.1, 0.15) is 11.1 Å². The summed E-state index contributed by atoms with van der Waals surface area (Å²) in [6.45, 7) is 1.85. The van der Waals surface area contributed by atoms with Crippen molar-refractivity contribution in [2.24, 2.45) is 10.9 Å². The Labute approximate surface area is 99.9 Å². The lowest BCUT2D eigenvalue weighted by Crippen LogP contribution is -2.17. The van der Waals surface area contributed by atoms with Gasteiger partial charge in [-0.25, -0.2) is 0 Å². The van der Waals surface area contributed by atoms with Gasteiger partial charge < -0.3 is 16.3 Å². The number of nitrogens with one attached hydrogen (secondary N) is 1. The van der Waals surface area contributed by atoms with E-state index in [-0.39, 0.29) is 5.84 Å². The number of oxime groups is 1. The Kier molecular flexibility index (Phi) is 5.74. The minimum atomic E-state index is 0.141. The summed E-state index contributed by atoms with van der Waals surface area (Å²) in [5.74, 6) is 1.25. The van der Waals surface area contributed by atoms with Gasteiger partial charge in [0, 0.05) is 24.4 Å². The molecule has 4 nitrogen and oxygen atoms in total. The zero-order valence-electron chi connectivity index (χ0n) is 9.31. The third kappa shape index (κ3) is 4.12. The van der Waals surface area contributed by atoms with Crippen LogP contribution in [0.4, 0.5) is 0 Å². The highest BCUT2D eigenvalue weighted by Crippen LogP contribution is 2.04. The van der Waals surface area contributed by atoms with Gasteiger partial charge in [-0.15, -0.1) is 0 Å². The summed E-state index contributed by atoms with van der Waals surface area (Å²) in [6, 6.07) is 7.64. The molecule has 0 unspecified atom stereocenters. The largest absolute Gasteiger partial charge is 0.409 e. The van der Waals surface area contributed by atoms with Gasteiger partial charge in [-0.1, -0.05) is 29.4 Å². The second-order valence-electron chi connectivity index (χ2n) is 3.35. The molecule has 0 radical (unpaired) electrons. The van der Waals surface area contributed by atoms with E-state index in [0.717, 1.165) is 24.4 Å². The normalized spacial score (nSPS) is 11.7. The van der Waals surface area contributed by atoms with Crippen LogP contribution >= 0.6 is 11.8 Å². The molecule has 0 amide bonds. The van der Waals surface area contributed by atoms with Gasteiger partial charge in [-0.05, 0) is 11.8 Å². The summed E-state index contributed by atoms with van der Waals surface area (Å²) < 4.78 is 0. The van der Waals surface area contributed by atoms with Crippen LogP contribution in [-0.4, -0.2) is 29.6 Å². The number of nitrogens with two attached hydrogens (primary N) is 1. The fraction of sp³-hybridized carbons (Fsp3) is 0.364. The van der Waals surface area contributed by atoms with Gasteiger partial charge in [-0.2, -0.15) is 11.8 Å². The molecule has 5 heteroatoms. The minimum absolute atomic E-state index is 0.141. The van der Waals surface area contributed by atoms with E-state index < -0.39 is 0 Å². The van der Waals surface area contributed by atoms with Crippen molar-refractivity contribution in [3.63, 3.8) is 0 Å². The maximum absolute atomic E-state index is 8.51. The van der Waals surface area contributed by atoms with Crippen LogP contribution in [-0.2, 0) is 6.54 Å². The van der Waals surface area contributed by atoms with E-state index in [2.05, 4.69) is 16.7 Å². The second kappa shape index (κ2) is 7.14. The second-order valence-corrected chi connectivity index (χ2v) is 4.34. The van der Waals surface area contributed by atoms with E-state index in [9.17, 15) is 0 Å². The zero-order chi connectivity index (χ0) is 11.8. The van der Waals surface area contributed by atoms with Gasteiger partial charge in [-0.3, -0.25) is 0 Å². The quantitative estimate of drug-likeness (QED) is 0.230. The van der Waals surface area contributed by atoms with Crippen LogP contribution < -0.4 is 11.1 Å². The van der Waals surface area contributed by atoms with Crippen molar-refractivity contribution in [2.45, 2.75) is 6.54 Å². The van der Waals surface area contributed by atoms with Crippen molar-refractivity contribution in [1.29, 1.82) is 0 Å². The molecule has 4 N–H and O–H groups in total. The highest BCUT2D eigenvalue weighted by Gasteiger charge is 1.98. The molecule has 0 atom stereocenters. The van der Waals surface area contributed by atoms with Crippen molar-refractivity contribution in [1.82, 2.24) is 5.32 Å². The molecule has 0 bridgehead atoms. The van der Waals surface area contributed by atoms with Crippen LogP contribution in [0.25, 0.3) is 0 Å². The predicted octanol–water partition coefficient (Wildman–Crippen LogP) is 1.23. The molecular weight excluding hydrogens is 222 g/mol. The van der Waals surface area contributed by atoms with E-state index in [4.69, 9.17) is 10.9 Å². The molecule has 0 aliphatic carbocycles. The highest BCUT2D eigenvalue weighted by atomic mass is 32.2. The van der Waals surface area contributed by atoms with E-state index >= 15 is 0 Å². The van der Waals surface area contributed by atoms with Gasteiger partial charge in [0.25, 0.3) is 0 Å². The van der Waals surface area contributed by atoms with Crippen LogP contribution in [0.2, 0.25) is 0 Å². The average molecular weight is 239 g/mol. The van der Waals surface area contributed by atoms with Crippen molar-refractivity contribution < 1.29 is 5.21 Å². The molecule has 0 spiro atoms. The smallest absolute Gasteiger partial charge is 0.170 e. The summed E-state index contributed by atoms with van der Waals surface area (Å²) in [7, 11) is 0. The van der Waals surface area contributed by atoms with E-state index in [1.807, 2.05) is 36.0 Å². The Balaban J connectivity index is 2.45. The number of hydrogen-bond donors (Lipinski definition) is 3. The average Bonchev–Trinajstić information content (AvgIpc) is 2.34. The summed E-state index contributed by atoms with van der Waals surface area (Å²) in [6.07, 6.45) is 2.09. The number of nitrogens with zero attached hydrogens (tertiary/aromatic N) is 1. The third-order valence-electron chi connectivity index (χ3n) is 2.17. The zero-order valence-corrected chi connectivity index (χ0v) is 10.1. The first-order valence-electron chi connectivity index (χ1n) is 5.04. The van der Waals surface area contributed by atoms with Crippen molar-refractivity contribution in [2.75, 3.05) is 18.6 Å². The lowest BCUT2D eigenvalue weighted by atomic mass is 10.1. The van der Waals surface area contributed by atoms with Crippen molar-refractivity contribution in [3.05, 3.63) is 35.4 Å². The molecule has 0 heterocycles. The molecule has 16 heavy (non-hydrogen) atoms. The number of rotatable bonds is 6. The summed E-state index contributed by atoms with van der Waals surface area (Å²) >= 11 is 1.82. The van der Waals surface area contributed by atoms with Crippen molar-refractivity contribution in [3.8, 4) is 0 Å². The van der Waals surface area contributed by atoms with Gasteiger partial charge in [0.05, 0.1) is 0 Å². The first kappa shape index (κ1) is 12.9. The van der Waals surface area contributed by atoms with Crippen LogP contribution in [0.15, 0.2) is 29.4 Å². The van der Waals surface area contributed by atoms with E-state index in [1.54, 1.807) is 0 Å². The van der Waals surface area contributed by atoms with Crippen LogP contribution in [0.3, 0.4) is 0 Å². The highest BCUT2D eigenvalue weighted by molar-refractivity contribution is 7.98. The molecule has 0 saturated carbocycles. The first-order chi connectivity index (χ1) is 7.77. The number of thioether (sulfide) groups is 1. The maximum Gasteiger partial charge on any atom is 0.170 e. The van der Waals surface area contributed by atoms with Gasteiger partial charge in [0.15, 0.2) is 5.84 Å². The summed E-state index contributed by atoms with van der Waals surface area (Å²) in [5.41, 5.74) is 7.39. The Morgan fingerprint density at radius 2 is 2.12 bits per heavy atom. The Morgan fingerprint density at radius 3 is 2.69 bits per heavy atom. The van der Waals surface area contributed by atoms with Gasteiger partial charge >= 0.3 is 0 Å². The van der Waals surface area contributed by atoms with E-state index in [0.29, 0.717) is 0 Å². The number of hydrogen-bond acceptors (Lipinski definition) is 4. The maximum atomic E-state index is 8.51. The lowest BCUT2D eigenvalue weighted by Gasteiger charge is -2.04. The fourth-order valence-corrected chi connectivity index (χ4v) is 1.61. The topological polar surface area (TPSA) is 70.6 Å². The lowest BCUT2D eigenvalue weighted by molar-refractivity contribution is 0.318. The number of benzene rings is 1. The minimum Gasteiger partial charge on any atom is -0.409 e. The predicted molar refractivity (Wildman–Crippen MR) is 69.0 cm³/mol.